The van der Waals surface area contributed by atoms with Gasteiger partial charge in [-0.1, -0.05) is 23.9 Å². The summed E-state index contributed by atoms with van der Waals surface area (Å²) in [6, 6.07) is 7.38. The molecule has 1 N–H and O–H groups in total. The van der Waals surface area contributed by atoms with Gasteiger partial charge in [-0.15, -0.1) is 0 Å². The van der Waals surface area contributed by atoms with Crippen molar-refractivity contribution in [2.75, 3.05) is 13.1 Å². The summed E-state index contributed by atoms with van der Waals surface area (Å²) in [6.45, 7) is 0.917. The molecule has 1 aliphatic rings. The summed E-state index contributed by atoms with van der Waals surface area (Å²) in [7, 11) is 0. The van der Waals surface area contributed by atoms with Crippen LogP contribution in [-0.4, -0.2) is 30.3 Å². The van der Waals surface area contributed by atoms with Crippen LogP contribution in [-0.2, 0) is 4.79 Å². The molecule has 0 aromatic heterocycles. The van der Waals surface area contributed by atoms with Crippen molar-refractivity contribution in [3.05, 3.63) is 29.8 Å². The fraction of sp³-hybridized carbons (Fsp3) is 0.308. The zero-order chi connectivity index (χ0) is 12.8. The maximum atomic E-state index is 11.9. The fourth-order valence-corrected chi connectivity index (χ4v) is 2.77. The van der Waals surface area contributed by atoms with E-state index in [1.165, 1.54) is 0 Å². The lowest BCUT2D eigenvalue weighted by molar-refractivity contribution is -0.107. The van der Waals surface area contributed by atoms with Gasteiger partial charge in [0.25, 0.3) is 5.91 Å². The molecule has 5 heteroatoms. The Morgan fingerprint density at radius 2 is 2.28 bits per heavy atom. The number of carbonyl (C=O) groups excluding carboxylic acids is 2. The molecule has 0 aliphatic carbocycles. The first-order valence-corrected chi connectivity index (χ1v) is 6.65. The lowest BCUT2D eigenvalue weighted by atomic mass is 10.2. The third-order valence-electron chi connectivity index (χ3n) is 2.54. The molecule has 1 heterocycles. The van der Waals surface area contributed by atoms with E-state index >= 15 is 0 Å². The van der Waals surface area contributed by atoms with Gasteiger partial charge in [-0.2, -0.15) is 0 Å². The molecule has 4 nitrogen and oxygen atoms in total. The SMILES string of the molecule is O=CCNC(=O)c1ccccc1SC1=NCCC1. The first kappa shape index (κ1) is 12.8. The molecule has 0 saturated carbocycles. The van der Waals surface area contributed by atoms with Crippen molar-refractivity contribution in [2.45, 2.75) is 17.7 Å². The maximum Gasteiger partial charge on any atom is 0.252 e. The number of rotatable bonds is 4. The number of hydrogen-bond acceptors (Lipinski definition) is 4. The lowest BCUT2D eigenvalue weighted by Crippen LogP contribution is -2.25. The molecular formula is C13H14N2O2S. The van der Waals surface area contributed by atoms with E-state index in [0.717, 1.165) is 29.3 Å². The average molecular weight is 262 g/mol. The Hall–Kier alpha value is -1.62. The molecule has 1 amide bonds. The van der Waals surface area contributed by atoms with E-state index in [-0.39, 0.29) is 12.5 Å². The summed E-state index contributed by atoms with van der Waals surface area (Å²) < 4.78 is 0. The Labute approximate surface area is 110 Å². The van der Waals surface area contributed by atoms with E-state index in [1.807, 2.05) is 18.2 Å². The summed E-state index contributed by atoms with van der Waals surface area (Å²) in [5.41, 5.74) is 0.596. The average Bonchev–Trinajstić information content (AvgIpc) is 2.89. The summed E-state index contributed by atoms with van der Waals surface area (Å²) in [5.74, 6) is -0.219. The molecule has 1 aromatic carbocycles. The van der Waals surface area contributed by atoms with Gasteiger partial charge in [0.1, 0.15) is 6.29 Å². The second-order valence-electron chi connectivity index (χ2n) is 3.85. The molecule has 0 spiro atoms. The maximum absolute atomic E-state index is 11.9. The lowest BCUT2D eigenvalue weighted by Gasteiger charge is -2.08. The van der Waals surface area contributed by atoms with Crippen molar-refractivity contribution in [2.24, 2.45) is 4.99 Å². The highest BCUT2D eigenvalue weighted by Crippen LogP contribution is 2.27. The Morgan fingerprint density at radius 1 is 1.44 bits per heavy atom. The van der Waals surface area contributed by atoms with E-state index in [9.17, 15) is 9.59 Å². The van der Waals surface area contributed by atoms with E-state index < -0.39 is 0 Å². The molecule has 1 aromatic rings. The van der Waals surface area contributed by atoms with E-state index in [2.05, 4.69) is 10.3 Å². The normalized spacial score (nSPS) is 14.1. The second kappa shape index (κ2) is 6.35. The molecule has 0 radical (unpaired) electrons. The summed E-state index contributed by atoms with van der Waals surface area (Å²) in [5, 5.41) is 3.63. The van der Waals surface area contributed by atoms with Crippen LogP contribution >= 0.6 is 11.8 Å². The minimum atomic E-state index is -0.219. The fourth-order valence-electron chi connectivity index (χ4n) is 1.70. The monoisotopic (exact) mass is 262 g/mol. The van der Waals surface area contributed by atoms with Crippen LogP contribution in [0.4, 0.5) is 0 Å². The number of aliphatic imine (C=N–C) groups is 1. The van der Waals surface area contributed by atoms with Gasteiger partial charge in [-0.3, -0.25) is 9.79 Å². The molecule has 2 rings (SSSR count). The van der Waals surface area contributed by atoms with Crippen molar-refractivity contribution in [1.82, 2.24) is 5.32 Å². The van der Waals surface area contributed by atoms with Crippen LogP contribution in [0.25, 0.3) is 0 Å². The quantitative estimate of drug-likeness (QED) is 0.843. The molecule has 0 saturated heterocycles. The highest BCUT2D eigenvalue weighted by atomic mass is 32.2. The van der Waals surface area contributed by atoms with Crippen LogP contribution in [0.3, 0.4) is 0 Å². The zero-order valence-corrected chi connectivity index (χ0v) is 10.7. The molecule has 0 fully saturated rings. The smallest absolute Gasteiger partial charge is 0.252 e. The van der Waals surface area contributed by atoms with E-state index in [1.54, 1.807) is 17.8 Å². The topological polar surface area (TPSA) is 58.5 Å². The molecule has 1 aliphatic heterocycles. The number of aldehydes is 1. The molecule has 0 unspecified atom stereocenters. The number of hydrogen-bond donors (Lipinski definition) is 1. The van der Waals surface area contributed by atoms with Crippen molar-refractivity contribution in [3.63, 3.8) is 0 Å². The standard InChI is InChI=1S/C13H14N2O2S/c16-9-8-15-13(17)10-4-1-2-5-11(10)18-12-6-3-7-14-12/h1-2,4-5,9H,3,6-8H2,(H,15,17). The van der Waals surface area contributed by atoms with Gasteiger partial charge >= 0.3 is 0 Å². The van der Waals surface area contributed by atoms with Crippen molar-refractivity contribution < 1.29 is 9.59 Å². The number of nitrogens with zero attached hydrogens (tertiary/aromatic N) is 1. The van der Waals surface area contributed by atoms with Crippen LogP contribution in [0.15, 0.2) is 34.2 Å². The first-order valence-electron chi connectivity index (χ1n) is 5.83. The van der Waals surface area contributed by atoms with Crippen molar-refractivity contribution in [1.29, 1.82) is 0 Å². The Bertz CT molecular complexity index is 486. The van der Waals surface area contributed by atoms with Gasteiger partial charge in [0.15, 0.2) is 0 Å². The Balaban J connectivity index is 2.14. The van der Waals surface area contributed by atoms with Crippen molar-refractivity contribution >= 4 is 29.0 Å². The molecule has 0 bridgehead atoms. The number of carbonyl (C=O) groups is 2. The van der Waals surface area contributed by atoms with Crippen molar-refractivity contribution in [3.8, 4) is 0 Å². The summed E-state index contributed by atoms with van der Waals surface area (Å²) >= 11 is 1.54. The van der Waals surface area contributed by atoms with Gasteiger partial charge in [0.05, 0.1) is 17.2 Å². The first-order chi connectivity index (χ1) is 8.81. The van der Waals surface area contributed by atoms with Crippen LogP contribution in [0.2, 0.25) is 0 Å². The highest BCUT2D eigenvalue weighted by molar-refractivity contribution is 8.14. The number of nitrogens with one attached hydrogen (secondary N) is 1. The van der Waals surface area contributed by atoms with Gasteiger partial charge in [0.2, 0.25) is 0 Å². The zero-order valence-electron chi connectivity index (χ0n) is 9.89. The van der Waals surface area contributed by atoms with E-state index in [0.29, 0.717) is 11.8 Å². The molecule has 18 heavy (non-hydrogen) atoms. The van der Waals surface area contributed by atoms with Gasteiger partial charge in [-0.05, 0) is 25.0 Å². The predicted molar refractivity (Wildman–Crippen MR) is 72.2 cm³/mol. The summed E-state index contributed by atoms with van der Waals surface area (Å²) in [6.07, 6.45) is 2.74. The second-order valence-corrected chi connectivity index (χ2v) is 4.97. The molecule has 94 valence electrons. The third kappa shape index (κ3) is 3.20. The number of thioether (sulfide) groups is 1. The number of benzene rings is 1. The van der Waals surface area contributed by atoms with Gasteiger partial charge < -0.3 is 10.1 Å². The minimum Gasteiger partial charge on any atom is -0.345 e. The van der Waals surface area contributed by atoms with Gasteiger partial charge in [0, 0.05) is 11.4 Å². The van der Waals surface area contributed by atoms with Crippen LogP contribution in [0.1, 0.15) is 23.2 Å². The summed E-state index contributed by atoms with van der Waals surface area (Å²) in [4.78, 5) is 27.4. The predicted octanol–water partition coefficient (Wildman–Crippen LogP) is 1.90. The van der Waals surface area contributed by atoms with Crippen LogP contribution in [0, 0.1) is 0 Å². The van der Waals surface area contributed by atoms with Gasteiger partial charge in [-0.25, -0.2) is 0 Å². The number of amides is 1. The Kier molecular flexibility index (Phi) is 4.52. The largest absolute Gasteiger partial charge is 0.345 e. The van der Waals surface area contributed by atoms with Crippen LogP contribution in [0.5, 0.6) is 0 Å². The van der Waals surface area contributed by atoms with Crippen LogP contribution < -0.4 is 5.32 Å². The van der Waals surface area contributed by atoms with E-state index in [4.69, 9.17) is 0 Å². The third-order valence-corrected chi connectivity index (χ3v) is 3.69. The minimum absolute atomic E-state index is 0.0405. The molecule has 0 atom stereocenters. The highest BCUT2D eigenvalue weighted by Gasteiger charge is 2.14. The Morgan fingerprint density at radius 3 is 3.00 bits per heavy atom. The molecular weight excluding hydrogens is 248 g/mol.